The fourth-order valence-electron chi connectivity index (χ4n) is 4.01. The van der Waals surface area contributed by atoms with Crippen LogP contribution in [0.25, 0.3) is 10.9 Å². The summed E-state index contributed by atoms with van der Waals surface area (Å²) in [4.78, 5) is 19.0. The molecule has 1 heterocycles. The monoisotopic (exact) mass is 448 g/mol. The molecule has 0 radical (unpaired) electrons. The van der Waals surface area contributed by atoms with E-state index in [1.807, 2.05) is 62.4 Å². The molecule has 170 valence electrons. The molecule has 4 rings (SSSR count). The number of hydrogen-bond donors (Lipinski definition) is 1. The first-order chi connectivity index (χ1) is 15.9. The van der Waals surface area contributed by atoms with Crippen molar-refractivity contribution in [3.63, 3.8) is 0 Å². The van der Waals surface area contributed by atoms with Gasteiger partial charge in [-0.25, -0.2) is 8.78 Å². The number of H-pyrrole nitrogens is 1. The van der Waals surface area contributed by atoms with Crippen LogP contribution in [0.2, 0.25) is 0 Å². The Hall–Kier alpha value is -3.67. The van der Waals surface area contributed by atoms with E-state index in [2.05, 4.69) is 4.98 Å². The molecule has 1 amide bonds. The molecule has 0 saturated heterocycles. The lowest BCUT2D eigenvalue weighted by Gasteiger charge is -2.24. The van der Waals surface area contributed by atoms with Crippen LogP contribution in [-0.4, -0.2) is 22.9 Å². The molecular formula is C27H26F2N2O2. The second-order valence-corrected chi connectivity index (χ2v) is 8.38. The predicted molar refractivity (Wildman–Crippen MR) is 125 cm³/mol. The number of rotatable bonds is 7. The van der Waals surface area contributed by atoms with Crippen molar-refractivity contribution in [2.24, 2.45) is 0 Å². The maximum atomic E-state index is 14.0. The van der Waals surface area contributed by atoms with Gasteiger partial charge in [-0.15, -0.1) is 0 Å². The van der Waals surface area contributed by atoms with Crippen LogP contribution >= 0.6 is 0 Å². The van der Waals surface area contributed by atoms with Gasteiger partial charge in [0, 0.05) is 30.2 Å². The third-order valence-corrected chi connectivity index (χ3v) is 5.69. The SMILES string of the molecule is COc1ccc2c(C(=O)N(Cc3ccccc3)Cc3ccc(F)c(F)c3)c(C(C)C)[nH]c2c1. The van der Waals surface area contributed by atoms with Gasteiger partial charge < -0.3 is 14.6 Å². The van der Waals surface area contributed by atoms with Crippen molar-refractivity contribution in [1.29, 1.82) is 0 Å². The highest BCUT2D eigenvalue weighted by Crippen LogP contribution is 2.32. The van der Waals surface area contributed by atoms with E-state index in [1.165, 1.54) is 6.07 Å². The van der Waals surface area contributed by atoms with Crippen LogP contribution in [0.5, 0.6) is 5.75 Å². The quantitative estimate of drug-likeness (QED) is 0.355. The normalized spacial score (nSPS) is 11.2. The zero-order valence-electron chi connectivity index (χ0n) is 18.9. The van der Waals surface area contributed by atoms with Crippen molar-refractivity contribution in [2.75, 3.05) is 7.11 Å². The lowest BCUT2D eigenvalue weighted by atomic mass is 10.0. The molecule has 0 atom stereocenters. The first kappa shape index (κ1) is 22.5. The van der Waals surface area contributed by atoms with Crippen LogP contribution in [-0.2, 0) is 13.1 Å². The van der Waals surface area contributed by atoms with Crippen LogP contribution < -0.4 is 4.74 Å². The smallest absolute Gasteiger partial charge is 0.256 e. The lowest BCUT2D eigenvalue weighted by molar-refractivity contribution is 0.0730. The number of halogens is 2. The summed E-state index contributed by atoms with van der Waals surface area (Å²) in [5.74, 6) is -1.25. The largest absolute Gasteiger partial charge is 0.497 e. The molecule has 0 fully saturated rings. The molecule has 0 saturated carbocycles. The van der Waals surface area contributed by atoms with Gasteiger partial charge in [0.05, 0.1) is 18.2 Å². The van der Waals surface area contributed by atoms with Gasteiger partial charge in [0.2, 0.25) is 0 Å². The Labute approximate surface area is 191 Å². The van der Waals surface area contributed by atoms with E-state index >= 15 is 0 Å². The fourth-order valence-corrected chi connectivity index (χ4v) is 4.01. The lowest BCUT2D eigenvalue weighted by Crippen LogP contribution is -2.31. The van der Waals surface area contributed by atoms with Gasteiger partial charge in [-0.1, -0.05) is 50.2 Å². The molecule has 33 heavy (non-hydrogen) atoms. The van der Waals surface area contributed by atoms with Crippen molar-refractivity contribution >= 4 is 16.8 Å². The molecule has 3 aromatic carbocycles. The number of aromatic amines is 1. The number of fused-ring (bicyclic) bond motifs is 1. The second kappa shape index (κ2) is 9.45. The number of aromatic nitrogens is 1. The first-order valence-electron chi connectivity index (χ1n) is 10.8. The zero-order valence-corrected chi connectivity index (χ0v) is 18.9. The molecule has 1 aromatic heterocycles. The van der Waals surface area contributed by atoms with Gasteiger partial charge in [0.15, 0.2) is 11.6 Å². The number of ether oxygens (including phenoxy) is 1. The topological polar surface area (TPSA) is 45.3 Å². The second-order valence-electron chi connectivity index (χ2n) is 8.38. The van der Waals surface area contributed by atoms with Gasteiger partial charge in [-0.05, 0) is 41.3 Å². The molecule has 1 N–H and O–H groups in total. The number of nitrogens with one attached hydrogen (secondary N) is 1. The summed E-state index contributed by atoms with van der Waals surface area (Å²) in [6.07, 6.45) is 0. The number of hydrogen-bond acceptors (Lipinski definition) is 2. The van der Waals surface area contributed by atoms with E-state index < -0.39 is 11.6 Å². The summed E-state index contributed by atoms with van der Waals surface area (Å²) < 4.78 is 32.7. The molecule has 0 bridgehead atoms. The zero-order chi connectivity index (χ0) is 23.5. The summed E-state index contributed by atoms with van der Waals surface area (Å²) in [6, 6.07) is 18.9. The molecule has 6 heteroatoms. The van der Waals surface area contributed by atoms with Gasteiger partial charge in [-0.3, -0.25) is 4.79 Å². The van der Waals surface area contributed by atoms with Gasteiger partial charge in [-0.2, -0.15) is 0 Å². The van der Waals surface area contributed by atoms with Crippen LogP contribution in [0, 0.1) is 11.6 Å². The number of nitrogens with zero attached hydrogens (tertiary/aromatic N) is 1. The van der Waals surface area contributed by atoms with Crippen LogP contribution in [0.4, 0.5) is 8.78 Å². The van der Waals surface area contributed by atoms with E-state index in [0.29, 0.717) is 23.4 Å². The van der Waals surface area contributed by atoms with Crippen LogP contribution in [0.3, 0.4) is 0 Å². The first-order valence-corrected chi connectivity index (χ1v) is 10.8. The van der Waals surface area contributed by atoms with E-state index in [4.69, 9.17) is 4.74 Å². The van der Waals surface area contributed by atoms with Gasteiger partial charge >= 0.3 is 0 Å². The van der Waals surface area contributed by atoms with Crippen LogP contribution in [0.1, 0.15) is 46.9 Å². The van der Waals surface area contributed by atoms with Crippen molar-refractivity contribution in [1.82, 2.24) is 9.88 Å². The Kier molecular flexibility index (Phi) is 6.45. The molecule has 0 spiro atoms. The minimum Gasteiger partial charge on any atom is -0.497 e. The molecule has 4 aromatic rings. The molecule has 4 nitrogen and oxygen atoms in total. The number of methoxy groups -OCH3 is 1. The van der Waals surface area contributed by atoms with Gasteiger partial charge in [0.1, 0.15) is 5.75 Å². The predicted octanol–water partition coefficient (Wildman–Crippen LogP) is 6.42. The summed E-state index contributed by atoms with van der Waals surface area (Å²) in [5.41, 5.74) is 3.69. The van der Waals surface area contributed by atoms with Gasteiger partial charge in [0.25, 0.3) is 5.91 Å². The molecule has 0 aliphatic rings. The third kappa shape index (κ3) is 4.75. The maximum absolute atomic E-state index is 14.0. The Morgan fingerprint density at radius 3 is 2.33 bits per heavy atom. The minimum atomic E-state index is -0.929. The maximum Gasteiger partial charge on any atom is 0.256 e. The molecular weight excluding hydrogens is 422 g/mol. The number of carbonyl (C=O) groups excluding carboxylic acids is 1. The van der Waals surface area contributed by atoms with E-state index in [0.717, 1.165) is 34.3 Å². The Morgan fingerprint density at radius 1 is 0.939 bits per heavy atom. The summed E-state index contributed by atoms with van der Waals surface area (Å²) in [5, 5.41) is 0.799. The standard InChI is InChI=1S/C27H26F2N2O2/c1-17(2)26-25(21-11-10-20(33-3)14-24(21)30-26)27(32)31(15-18-7-5-4-6-8-18)16-19-9-12-22(28)23(29)13-19/h4-14,17,30H,15-16H2,1-3H3. The fraction of sp³-hybridized carbons (Fsp3) is 0.222. The Morgan fingerprint density at radius 2 is 1.67 bits per heavy atom. The molecule has 0 aliphatic carbocycles. The van der Waals surface area contributed by atoms with Crippen molar-refractivity contribution in [2.45, 2.75) is 32.9 Å². The minimum absolute atomic E-state index is 0.0733. The summed E-state index contributed by atoms with van der Waals surface area (Å²) in [7, 11) is 1.60. The average molecular weight is 449 g/mol. The average Bonchev–Trinajstić information content (AvgIpc) is 3.20. The van der Waals surface area contributed by atoms with Crippen molar-refractivity contribution < 1.29 is 18.3 Å². The Bertz CT molecular complexity index is 1280. The molecule has 0 unspecified atom stereocenters. The van der Waals surface area contributed by atoms with E-state index in [9.17, 15) is 13.6 Å². The van der Waals surface area contributed by atoms with Crippen molar-refractivity contribution in [3.05, 3.63) is 101 Å². The summed E-state index contributed by atoms with van der Waals surface area (Å²) >= 11 is 0. The highest BCUT2D eigenvalue weighted by Gasteiger charge is 2.26. The highest BCUT2D eigenvalue weighted by molar-refractivity contribution is 6.08. The van der Waals surface area contributed by atoms with E-state index in [1.54, 1.807) is 12.0 Å². The van der Waals surface area contributed by atoms with E-state index in [-0.39, 0.29) is 18.4 Å². The Balaban J connectivity index is 1.79. The highest BCUT2D eigenvalue weighted by atomic mass is 19.2. The number of carbonyl (C=O) groups is 1. The number of benzene rings is 3. The van der Waals surface area contributed by atoms with Crippen molar-refractivity contribution in [3.8, 4) is 5.75 Å². The summed E-state index contributed by atoms with van der Waals surface area (Å²) in [6.45, 7) is 4.52. The number of amides is 1. The third-order valence-electron chi connectivity index (χ3n) is 5.69. The van der Waals surface area contributed by atoms with Crippen LogP contribution in [0.15, 0.2) is 66.7 Å². The molecule has 0 aliphatic heterocycles.